The Labute approximate surface area is 112 Å². The van der Waals surface area contributed by atoms with Gasteiger partial charge in [0, 0.05) is 18.9 Å². The van der Waals surface area contributed by atoms with Crippen LogP contribution in [-0.2, 0) is 6.54 Å². The van der Waals surface area contributed by atoms with Crippen LogP contribution in [0.4, 0.5) is 0 Å². The molecule has 0 atom stereocenters. The summed E-state index contributed by atoms with van der Waals surface area (Å²) in [7, 11) is 0. The number of hydrogen-bond acceptors (Lipinski definition) is 2. The maximum atomic E-state index is 4.02. The topological polar surface area (TPSA) is 24.9 Å². The van der Waals surface area contributed by atoms with E-state index in [0.717, 1.165) is 13.1 Å². The average Bonchev–Trinajstić information content (AvgIpc) is 2.42. The minimum absolute atomic E-state index is 0.971. The Bertz CT molecular complexity index is 272. The van der Waals surface area contributed by atoms with Crippen LogP contribution in [-0.4, -0.2) is 11.5 Å². The summed E-state index contributed by atoms with van der Waals surface area (Å²) < 4.78 is 0. The van der Waals surface area contributed by atoms with Gasteiger partial charge in [-0.2, -0.15) is 0 Å². The van der Waals surface area contributed by atoms with E-state index in [4.69, 9.17) is 0 Å². The Morgan fingerprint density at radius 2 is 1.50 bits per heavy atom. The fourth-order valence-corrected chi connectivity index (χ4v) is 2.12. The molecule has 0 radical (unpaired) electrons. The second-order valence-corrected chi connectivity index (χ2v) is 5.01. The second-order valence-electron chi connectivity index (χ2n) is 5.01. The summed E-state index contributed by atoms with van der Waals surface area (Å²) in [4.78, 5) is 4.02. The number of pyridine rings is 1. The Morgan fingerprint density at radius 1 is 0.889 bits per heavy atom. The Kier molecular flexibility index (Phi) is 9.45. The van der Waals surface area contributed by atoms with E-state index in [1.54, 1.807) is 0 Å². The van der Waals surface area contributed by atoms with Crippen molar-refractivity contribution in [3.8, 4) is 0 Å². The van der Waals surface area contributed by atoms with E-state index < -0.39 is 0 Å². The highest BCUT2D eigenvalue weighted by molar-refractivity contribution is 5.08. The molecule has 0 unspecified atom stereocenters. The van der Waals surface area contributed by atoms with Gasteiger partial charge in [0.2, 0.25) is 0 Å². The number of nitrogens with zero attached hydrogens (tertiary/aromatic N) is 1. The molecular weight excluding hydrogens is 220 g/mol. The van der Waals surface area contributed by atoms with Crippen LogP contribution in [0.15, 0.2) is 24.5 Å². The van der Waals surface area contributed by atoms with Gasteiger partial charge in [0.25, 0.3) is 0 Å². The van der Waals surface area contributed by atoms with Crippen LogP contribution >= 0.6 is 0 Å². The third kappa shape index (κ3) is 8.24. The van der Waals surface area contributed by atoms with Crippen LogP contribution < -0.4 is 5.32 Å². The standard InChI is InChI=1S/C16H28N2/c1-2-3-4-5-6-7-8-9-12-18-15-16-10-13-17-14-11-16/h10-11,13-14,18H,2-9,12,15H2,1H3. The molecule has 0 amide bonds. The van der Waals surface area contributed by atoms with E-state index in [2.05, 4.69) is 29.4 Å². The van der Waals surface area contributed by atoms with Crippen molar-refractivity contribution < 1.29 is 0 Å². The van der Waals surface area contributed by atoms with Crippen molar-refractivity contribution in [2.24, 2.45) is 0 Å². The summed E-state index contributed by atoms with van der Waals surface area (Å²) in [6.07, 6.45) is 14.8. The highest BCUT2D eigenvalue weighted by Crippen LogP contribution is 2.07. The largest absolute Gasteiger partial charge is 0.313 e. The summed E-state index contributed by atoms with van der Waals surface area (Å²) in [5, 5.41) is 3.49. The van der Waals surface area contributed by atoms with E-state index in [9.17, 15) is 0 Å². The maximum absolute atomic E-state index is 4.02. The fraction of sp³-hybridized carbons (Fsp3) is 0.688. The van der Waals surface area contributed by atoms with Gasteiger partial charge >= 0.3 is 0 Å². The molecule has 1 N–H and O–H groups in total. The molecule has 0 aliphatic carbocycles. The van der Waals surface area contributed by atoms with Crippen LogP contribution in [0.25, 0.3) is 0 Å². The average molecular weight is 248 g/mol. The predicted octanol–water partition coefficient (Wildman–Crippen LogP) is 4.31. The van der Waals surface area contributed by atoms with E-state index in [-0.39, 0.29) is 0 Å². The molecule has 0 saturated heterocycles. The van der Waals surface area contributed by atoms with Crippen molar-refractivity contribution in [3.63, 3.8) is 0 Å². The van der Waals surface area contributed by atoms with Crippen molar-refractivity contribution in [2.75, 3.05) is 6.54 Å². The van der Waals surface area contributed by atoms with Crippen molar-refractivity contribution >= 4 is 0 Å². The molecule has 18 heavy (non-hydrogen) atoms. The zero-order valence-electron chi connectivity index (χ0n) is 11.8. The van der Waals surface area contributed by atoms with Gasteiger partial charge in [-0.25, -0.2) is 0 Å². The molecule has 1 aromatic rings. The molecule has 0 spiro atoms. The fourth-order valence-electron chi connectivity index (χ4n) is 2.12. The molecule has 0 aliphatic heterocycles. The lowest BCUT2D eigenvalue weighted by molar-refractivity contribution is 0.555. The van der Waals surface area contributed by atoms with Crippen molar-refractivity contribution in [1.82, 2.24) is 10.3 Å². The molecule has 0 saturated carbocycles. The first-order valence-corrected chi connectivity index (χ1v) is 7.53. The Balaban J connectivity index is 1.82. The van der Waals surface area contributed by atoms with Gasteiger partial charge in [-0.3, -0.25) is 4.98 Å². The van der Waals surface area contributed by atoms with E-state index >= 15 is 0 Å². The minimum atomic E-state index is 0.971. The van der Waals surface area contributed by atoms with Gasteiger partial charge in [0.1, 0.15) is 0 Å². The van der Waals surface area contributed by atoms with Crippen LogP contribution in [0.3, 0.4) is 0 Å². The van der Waals surface area contributed by atoms with Crippen molar-refractivity contribution in [1.29, 1.82) is 0 Å². The third-order valence-electron chi connectivity index (χ3n) is 3.29. The number of unbranched alkanes of at least 4 members (excludes halogenated alkanes) is 7. The van der Waals surface area contributed by atoms with Gasteiger partial charge in [-0.05, 0) is 30.7 Å². The molecule has 0 aliphatic rings. The number of nitrogens with one attached hydrogen (secondary N) is 1. The number of rotatable bonds is 11. The van der Waals surface area contributed by atoms with Gasteiger partial charge in [-0.1, -0.05) is 51.9 Å². The van der Waals surface area contributed by atoms with E-state index in [0.29, 0.717) is 0 Å². The summed E-state index contributed by atoms with van der Waals surface area (Å²) >= 11 is 0. The van der Waals surface area contributed by atoms with Gasteiger partial charge < -0.3 is 5.32 Å². The third-order valence-corrected chi connectivity index (χ3v) is 3.29. The molecule has 1 rings (SSSR count). The lowest BCUT2D eigenvalue weighted by Gasteiger charge is -2.04. The first-order valence-electron chi connectivity index (χ1n) is 7.53. The van der Waals surface area contributed by atoms with Gasteiger partial charge in [0.15, 0.2) is 0 Å². The number of hydrogen-bond donors (Lipinski definition) is 1. The van der Waals surface area contributed by atoms with Crippen molar-refractivity contribution in [2.45, 2.75) is 64.8 Å². The van der Waals surface area contributed by atoms with E-state index in [1.807, 2.05) is 12.4 Å². The molecule has 0 fully saturated rings. The first-order chi connectivity index (χ1) is 8.93. The van der Waals surface area contributed by atoms with E-state index in [1.165, 1.54) is 56.9 Å². The Hall–Kier alpha value is -0.890. The summed E-state index contributed by atoms with van der Waals surface area (Å²) in [6, 6.07) is 4.14. The highest BCUT2D eigenvalue weighted by atomic mass is 14.8. The lowest BCUT2D eigenvalue weighted by Crippen LogP contribution is -2.14. The van der Waals surface area contributed by atoms with Crippen LogP contribution in [0.2, 0.25) is 0 Å². The van der Waals surface area contributed by atoms with Crippen LogP contribution in [0.5, 0.6) is 0 Å². The number of aromatic nitrogens is 1. The molecule has 1 heterocycles. The molecule has 2 nitrogen and oxygen atoms in total. The molecule has 0 bridgehead atoms. The SMILES string of the molecule is CCCCCCCCCCNCc1ccncc1. The minimum Gasteiger partial charge on any atom is -0.313 e. The zero-order valence-corrected chi connectivity index (χ0v) is 11.8. The molecule has 1 aromatic heterocycles. The molecule has 0 aromatic carbocycles. The van der Waals surface area contributed by atoms with Gasteiger partial charge in [-0.15, -0.1) is 0 Å². The summed E-state index contributed by atoms with van der Waals surface area (Å²) in [5.74, 6) is 0. The first kappa shape index (κ1) is 15.2. The highest BCUT2D eigenvalue weighted by Gasteiger charge is 1.93. The zero-order chi connectivity index (χ0) is 12.9. The lowest BCUT2D eigenvalue weighted by atomic mass is 10.1. The maximum Gasteiger partial charge on any atom is 0.0271 e. The van der Waals surface area contributed by atoms with Crippen molar-refractivity contribution in [3.05, 3.63) is 30.1 Å². The second kappa shape index (κ2) is 11.2. The predicted molar refractivity (Wildman–Crippen MR) is 78.6 cm³/mol. The summed E-state index contributed by atoms with van der Waals surface area (Å²) in [5.41, 5.74) is 1.32. The Morgan fingerprint density at radius 3 is 2.17 bits per heavy atom. The molecule has 2 heteroatoms. The molecular formula is C16H28N2. The normalized spacial score (nSPS) is 10.7. The molecule has 102 valence electrons. The monoisotopic (exact) mass is 248 g/mol. The van der Waals surface area contributed by atoms with Gasteiger partial charge in [0.05, 0.1) is 0 Å². The summed E-state index contributed by atoms with van der Waals surface area (Å²) in [6.45, 7) is 4.38. The van der Waals surface area contributed by atoms with Crippen LogP contribution in [0.1, 0.15) is 63.9 Å². The quantitative estimate of drug-likeness (QED) is 0.590. The smallest absolute Gasteiger partial charge is 0.0271 e. The van der Waals surface area contributed by atoms with Crippen LogP contribution in [0, 0.1) is 0 Å².